The number of amides is 1. The number of fused-ring (bicyclic) bond motifs is 1. The predicted molar refractivity (Wildman–Crippen MR) is 149 cm³/mol. The van der Waals surface area contributed by atoms with Gasteiger partial charge in [0, 0.05) is 30.4 Å². The number of ether oxygens (including phenoxy) is 1. The van der Waals surface area contributed by atoms with Gasteiger partial charge in [0.15, 0.2) is 5.65 Å². The summed E-state index contributed by atoms with van der Waals surface area (Å²) in [6.07, 6.45) is 3.09. The number of anilines is 3. The largest absolute Gasteiger partial charge is 0.416 e. The van der Waals surface area contributed by atoms with E-state index in [2.05, 4.69) is 35.6 Å². The molecule has 43 heavy (non-hydrogen) atoms. The summed E-state index contributed by atoms with van der Waals surface area (Å²) in [5.74, 6) is -1.29. The van der Waals surface area contributed by atoms with E-state index in [0.717, 1.165) is 37.1 Å². The third-order valence-corrected chi connectivity index (χ3v) is 7.03. The number of pyridine rings is 2. The first-order chi connectivity index (χ1) is 20.7. The Kier molecular flexibility index (Phi) is 7.44. The summed E-state index contributed by atoms with van der Waals surface area (Å²) in [7, 11) is 0. The quantitative estimate of drug-likeness (QED) is 0.216. The van der Waals surface area contributed by atoms with Gasteiger partial charge in [0.05, 0.1) is 17.5 Å². The standard InChI is InChI=1S/C29H24F4N8O2/c1-16-5-6-18(39-28(42)21-12-17(7-9-34-21)29(31,32)33)13-20(16)40-26-23(19(30)8-10-35-26)24-25-27(37-14-36-24)41(15-38-25)22-4-2-3-11-43-22/h5-10,12-15,22H,2-4,11H2,1H3,(H,35,40)(H,39,42). The van der Waals surface area contributed by atoms with Gasteiger partial charge in [-0.3, -0.25) is 14.3 Å². The number of nitrogens with zero attached hydrogens (tertiary/aromatic N) is 6. The lowest BCUT2D eigenvalue weighted by Gasteiger charge is -2.23. The first-order valence-corrected chi connectivity index (χ1v) is 13.4. The second kappa shape index (κ2) is 11.4. The van der Waals surface area contributed by atoms with Gasteiger partial charge in [-0.05, 0) is 62.1 Å². The average Bonchev–Trinajstić information content (AvgIpc) is 3.44. The van der Waals surface area contributed by atoms with Crippen LogP contribution in [0.2, 0.25) is 0 Å². The molecule has 220 valence electrons. The van der Waals surface area contributed by atoms with E-state index in [0.29, 0.717) is 29.5 Å². The van der Waals surface area contributed by atoms with E-state index in [4.69, 9.17) is 4.74 Å². The molecule has 4 aromatic heterocycles. The van der Waals surface area contributed by atoms with Gasteiger partial charge in [-0.2, -0.15) is 13.2 Å². The Morgan fingerprint density at radius 3 is 2.65 bits per heavy atom. The molecule has 14 heteroatoms. The number of hydrogen-bond donors (Lipinski definition) is 2. The van der Waals surface area contributed by atoms with Crippen molar-refractivity contribution in [3.05, 3.63) is 84.1 Å². The van der Waals surface area contributed by atoms with Crippen LogP contribution < -0.4 is 10.6 Å². The zero-order valence-corrected chi connectivity index (χ0v) is 22.7. The molecular formula is C29H24F4N8O2. The minimum Gasteiger partial charge on any atom is -0.358 e. The zero-order chi connectivity index (χ0) is 30.1. The summed E-state index contributed by atoms with van der Waals surface area (Å²) in [5.41, 5.74) is 1.22. The lowest BCUT2D eigenvalue weighted by molar-refractivity contribution is -0.137. The number of imidazole rings is 1. The molecular weight excluding hydrogens is 568 g/mol. The van der Waals surface area contributed by atoms with E-state index < -0.39 is 29.2 Å². The van der Waals surface area contributed by atoms with Crippen molar-refractivity contribution >= 4 is 34.3 Å². The van der Waals surface area contributed by atoms with Crippen molar-refractivity contribution < 1.29 is 27.1 Å². The fourth-order valence-corrected chi connectivity index (χ4v) is 4.84. The minimum atomic E-state index is -4.62. The predicted octanol–water partition coefficient (Wildman–Crippen LogP) is 6.44. The maximum atomic E-state index is 15.4. The Hall–Kier alpha value is -4.98. The molecule has 1 fully saturated rings. The molecule has 2 N–H and O–H groups in total. The van der Waals surface area contributed by atoms with Crippen molar-refractivity contribution in [3.63, 3.8) is 0 Å². The highest BCUT2D eigenvalue weighted by Crippen LogP contribution is 2.36. The number of carbonyl (C=O) groups excluding carboxylic acids is 1. The van der Waals surface area contributed by atoms with E-state index in [1.54, 1.807) is 31.5 Å². The molecule has 0 bridgehead atoms. The molecule has 1 aliphatic heterocycles. The molecule has 6 rings (SSSR count). The van der Waals surface area contributed by atoms with Crippen LogP contribution >= 0.6 is 0 Å². The molecule has 1 unspecified atom stereocenters. The van der Waals surface area contributed by atoms with Crippen molar-refractivity contribution in [1.82, 2.24) is 29.5 Å². The van der Waals surface area contributed by atoms with Crippen molar-refractivity contribution in [2.75, 3.05) is 17.2 Å². The topological polar surface area (TPSA) is 120 Å². The monoisotopic (exact) mass is 592 g/mol. The zero-order valence-electron chi connectivity index (χ0n) is 22.7. The fraction of sp³-hybridized carbons (Fsp3) is 0.241. The number of alkyl halides is 3. The van der Waals surface area contributed by atoms with Gasteiger partial charge in [-0.25, -0.2) is 24.3 Å². The van der Waals surface area contributed by atoms with Gasteiger partial charge in [0.2, 0.25) is 0 Å². The Labute approximate surface area is 242 Å². The molecule has 0 aliphatic carbocycles. The Morgan fingerprint density at radius 1 is 1.02 bits per heavy atom. The second-order valence-electron chi connectivity index (χ2n) is 9.92. The number of benzene rings is 1. The SMILES string of the molecule is Cc1ccc(NC(=O)c2cc(C(F)(F)F)ccn2)cc1Nc1nccc(F)c1-c1ncnc2c1ncn2C1CCCCO1. The van der Waals surface area contributed by atoms with E-state index in [9.17, 15) is 18.0 Å². The van der Waals surface area contributed by atoms with Crippen LogP contribution in [0.15, 0.2) is 61.4 Å². The first kappa shape index (κ1) is 28.2. The average molecular weight is 593 g/mol. The Morgan fingerprint density at radius 2 is 1.86 bits per heavy atom. The third kappa shape index (κ3) is 5.73. The maximum absolute atomic E-state index is 15.4. The molecule has 1 aliphatic rings. The Bertz CT molecular complexity index is 1820. The van der Waals surface area contributed by atoms with Gasteiger partial charge in [0.1, 0.15) is 41.1 Å². The fourth-order valence-electron chi connectivity index (χ4n) is 4.84. The van der Waals surface area contributed by atoms with Crippen LogP contribution in [0.4, 0.5) is 34.8 Å². The van der Waals surface area contributed by atoms with E-state index in [1.165, 1.54) is 18.6 Å². The summed E-state index contributed by atoms with van der Waals surface area (Å²) in [5, 5.41) is 5.67. The van der Waals surface area contributed by atoms with Gasteiger partial charge < -0.3 is 15.4 Å². The lowest BCUT2D eigenvalue weighted by Crippen LogP contribution is -2.17. The number of aryl methyl sites for hydroxylation is 1. The van der Waals surface area contributed by atoms with E-state index in [1.807, 2.05) is 4.57 Å². The highest BCUT2D eigenvalue weighted by atomic mass is 19.4. The number of nitrogens with one attached hydrogen (secondary N) is 2. The number of hydrogen-bond acceptors (Lipinski definition) is 8. The van der Waals surface area contributed by atoms with Crippen molar-refractivity contribution in [2.24, 2.45) is 0 Å². The van der Waals surface area contributed by atoms with Crippen LogP contribution in [0.25, 0.3) is 22.4 Å². The summed E-state index contributed by atoms with van der Waals surface area (Å²) in [6, 6.07) is 7.50. The molecule has 0 spiro atoms. The van der Waals surface area contributed by atoms with Crippen LogP contribution in [0.3, 0.4) is 0 Å². The first-order valence-electron chi connectivity index (χ1n) is 13.4. The van der Waals surface area contributed by atoms with Crippen molar-refractivity contribution in [2.45, 2.75) is 38.6 Å². The maximum Gasteiger partial charge on any atom is 0.416 e. The van der Waals surface area contributed by atoms with Gasteiger partial charge >= 0.3 is 6.18 Å². The molecule has 5 heterocycles. The second-order valence-corrected chi connectivity index (χ2v) is 9.92. The molecule has 5 aromatic rings. The number of halogens is 4. The summed E-state index contributed by atoms with van der Waals surface area (Å²) >= 11 is 0. The Balaban J connectivity index is 1.31. The summed E-state index contributed by atoms with van der Waals surface area (Å²) < 4.78 is 62.4. The number of rotatable bonds is 6. The third-order valence-electron chi connectivity index (χ3n) is 7.03. The molecule has 1 atom stereocenters. The number of aromatic nitrogens is 6. The molecule has 1 amide bonds. The van der Waals surface area contributed by atoms with Crippen LogP contribution in [0, 0.1) is 12.7 Å². The lowest BCUT2D eigenvalue weighted by atomic mass is 10.1. The molecule has 10 nitrogen and oxygen atoms in total. The van der Waals surface area contributed by atoms with Crippen LogP contribution in [0.1, 0.15) is 47.1 Å². The van der Waals surface area contributed by atoms with Gasteiger partial charge in [-0.15, -0.1) is 0 Å². The number of carbonyl (C=O) groups is 1. The molecule has 0 radical (unpaired) electrons. The van der Waals surface area contributed by atoms with Crippen LogP contribution in [0.5, 0.6) is 0 Å². The highest BCUT2D eigenvalue weighted by Gasteiger charge is 2.31. The summed E-state index contributed by atoms with van der Waals surface area (Å²) in [4.78, 5) is 34.0. The van der Waals surface area contributed by atoms with Crippen LogP contribution in [-0.4, -0.2) is 42.0 Å². The van der Waals surface area contributed by atoms with E-state index >= 15 is 4.39 Å². The van der Waals surface area contributed by atoms with Crippen molar-refractivity contribution in [1.29, 1.82) is 0 Å². The molecule has 0 saturated carbocycles. The van der Waals surface area contributed by atoms with Gasteiger partial charge in [0.25, 0.3) is 5.91 Å². The van der Waals surface area contributed by atoms with Gasteiger partial charge in [-0.1, -0.05) is 6.07 Å². The highest BCUT2D eigenvalue weighted by molar-refractivity contribution is 6.03. The molecule has 1 saturated heterocycles. The smallest absolute Gasteiger partial charge is 0.358 e. The minimum absolute atomic E-state index is 0.0618. The normalized spacial score (nSPS) is 15.4. The molecule has 1 aromatic carbocycles. The summed E-state index contributed by atoms with van der Waals surface area (Å²) in [6.45, 7) is 2.42. The van der Waals surface area contributed by atoms with Crippen LogP contribution in [-0.2, 0) is 10.9 Å². The van der Waals surface area contributed by atoms with Crippen molar-refractivity contribution in [3.8, 4) is 11.3 Å². The van der Waals surface area contributed by atoms with E-state index in [-0.39, 0.29) is 29.0 Å².